The van der Waals surface area contributed by atoms with Crippen molar-refractivity contribution < 1.29 is 9.59 Å². The topological polar surface area (TPSA) is 34.1 Å². The molecule has 0 saturated carbocycles. The van der Waals surface area contributed by atoms with Crippen LogP contribution in [0.5, 0.6) is 0 Å². The van der Waals surface area contributed by atoms with Crippen molar-refractivity contribution in [3.8, 4) is 11.8 Å². The monoisotopic (exact) mass is 206 g/mol. The van der Waals surface area contributed by atoms with Crippen molar-refractivity contribution in [1.82, 2.24) is 0 Å². The Morgan fingerprint density at radius 2 is 2.21 bits per heavy atom. The van der Waals surface area contributed by atoms with Crippen molar-refractivity contribution in [1.29, 1.82) is 0 Å². The summed E-state index contributed by atoms with van der Waals surface area (Å²) in [4.78, 5) is 21.0. The number of aldehydes is 1. The van der Waals surface area contributed by atoms with E-state index in [4.69, 9.17) is 11.6 Å². The lowest BCUT2D eigenvalue weighted by molar-refractivity contribution is -0.103. The van der Waals surface area contributed by atoms with Crippen LogP contribution in [0.15, 0.2) is 18.2 Å². The maximum Gasteiger partial charge on any atom is 0.193 e. The van der Waals surface area contributed by atoms with Crippen LogP contribution in [0.3, 0.4) is 0 Å². The molecule has 0 aromatic heterocycles. The molecule has 0 unspecified atom stereocenters. The zero-order chi connectivity index (χ0) is 10.6. The van der Waals surface area contributed by atoms with Gasteiger partial charge in [-0.15, -0.1) is 0 Å². The van der Waals surface area contributed by atoms with Gasteiger partial charge in [0.2, 0.25) is 0 Å². The molecule has 2 nitrogen and oxygen atoms in total. The molecule has 0 bridgehead atoms. The first-order valence-electron chi connectivity index (χ1n) is 3.91. The van der Waals surface area contributed by atoms with Crippen LogP contribution >= 0.6 is 11.6 Å². The first kappa shape index (κ1) is 10.5. The predicted molar refractivity (Wildman–Crippen MR) is 54.4 cm³/mol. The highest BCUT2D eigenvalue weighted by molar-refractivity contribution is 6.34. The van der Waals surface area contributed by atoms with Crippen molar-refractivity contribution in [2.24, 2.45) is 0 Å². The van der Waals surface area contributed by atoms with E-state index in [0.717, 1.165) is 0 Å². The lowest BCUT2D eigenvalue weighted by Gasteiger charge is -1.99. The van der Waals surface area contributed by atoms with E-state index < -0.39 is 0 Å². The summed E-state index contributed by atoms with van der Waals surface area (Å²) in [6.07, 6.45) is 0.507. The van der Waals surface area contributed by atoms with Crippen LogP contribution in [0.25, 0.3) is 0 Å². The summed E-state index contributed by atoms with van der Waals surface area (Å²) in [5.74, 6) is 4.76. The SMILES string of the molecule is CC(=O)c1ccc(C#CC=O)cc1Cl. The van der Waals surface area contributed by atoms with E-state index in [-0.39, 0.29) is 5.78 Å². The summed E-state index contributed by atoms with van der Waals surface area (Å²) >= 11 is 5.83. The molecule has 0 atom stereocenters. The third-order valence-electron chi connectivity index (χ3n) is 1.62. The Hall–Kier alpha value is -1.59. The molecule has 3 heteroatoms. The molecule has 14 heavy (non-hydrogen) atoms. The van der Waals surface area contributed by atoms with Gasteiger partial charge in [0.25, 0.3) is 0 Å². The molecule has 0 radical (unpaired) electrons. The molecular formula is C11H7ClO2. The van der Waals surface area contributed by atoms with Gasteiger partial charge in [-0.2, -0.15) is 0 Å². The van der Waals surface area contributed by atoms with Gasteiger partial charge < -0.3 is 0 Å². The molecule has 0 fully saturated rings. The lowest BCUT2D eigenvalue weighted by Crippen LogP contribution is -1.93. The van der Waals surface area contributed by atoms with Crippen LogP contribution in [0.1, 0.15) is 22.8 Å². The van der Waals surface area contributed by atoms with Crippen LogP contribution in [-0.4, -0.2) is 12.1 Å². The smallest absolute Gasteiger partial charge is 0.193 e. The van der Waals surface area contributed by atoms with E-state index in [1.54, 1.807) is 18.2 Å². The van der Waals surface area contributed by atoms with E-state index in [1.807, 2.05) is 0 Å². The molecule has 0 spiro atoms. The fraction of sp³-hybridized carbons (Fsp3) is 0.0909. The number of ketones is 1. The summed E-state index contributed by atoms with van der Waals surface area (Å²) in [6.45, 7) is 1.44. The maximum absolute atomic E-state index is 11.0. The van der Waals surface area contributed by atoms with E-state index in [9.17, 15) is 9.59 Å². The summed E-state index contributed by atoms with van der Waals surface area (Å²) in [6, 6.07) is 4.81. The first-order valence-corrected chi connectivity index (χ1v) is 4.28. The van der Waals surface area contributed by atoms with Gasteiger partial charge in [-0.25, -0.2) is 0 Å². The Balaban J connectivity index is 3.12. The summed E-state index contributed by atoms with van der Waals surface area (Å²) in [7, 11) is 0. The number of carbonyl (C=O) groups excluding carboxylic acids is 2. The standard InChI is InChI=1S/C11H7ClO2/c1-8(14)10-5-4-9(3-2-6-13)7-11(10)12/h4-7H,1H3. The molecule has 0 N–H and O–H groups in total. The number of rotatable bonds is 1. The number of hydrogen-bond acceptors (Lipinski definition) is 2. The zero-order valence-electron chi connectivity index (χ0n) is 7.50. The van der Waals surface area contributed by atoms with E-state index in [0.29, 0.717) is 22.4 Å². The number of halogens is 1. The molecule has 1 aromatic rings. The maximum atomic E-state index is 11.0. The van der Waals surface area contributed by atoms with Gasteiger partial charge in [0, 0.05) is 11.1 Å². The predicted octanol–water partition coefficient (Wildman–Crippen LogP) is 2.09. The Kier molecular flexibility index (Phi) is 3.44. The average molecular weight is 207 g/mol. The molecule has 1 aromatic carbocycles. The molecule has 70 valence electrons. The van der Waals surface area contributed by atoms with Gasteiger partial charge in [0.15, 0.2) is 12.1 Å². The molecule has 0 amide bonds. The Morgan fingerprint density at radius 1 is 1.50 bits per heavy atom. The third kappa shape index (κ3) is 2.45. The highest BCUT2D eigenvalue weighted by atomic mass is 35.5. The van der Waals surface area contributed by atoms with Gasteiger partial charge in [-0.05, 0) is 31.0 Å². The van der Waals surface area contributed by atoms with Gasteiger partial charge in [0.1, 0.15) is 0 Å². The second kappa shape index (κ2) is 4.59. The summed E-state index contributed by atoms with van der Waals surface area (Å²) in [5.41, 5.74) is 1.08. The molecular weight excluding hydrogens is 200 g/mol. The van der Waals surface area contributed by atoms with E-state index >= 15 is 0 Å². The quantitative estimate of drug-likeness (QED) is 0.401. The Bertz CT molecular complexity index is 438. The molecule has 1 rings (SSSR count). The van der Waals surface area contributed by atoms with Gasteiger partial charge in [0.05, 0.1) is 5.02 Å². The molecule has 0 aliphatic carbocycles. The van der Waals surface area contributed by atoms with Crippen LogP contribution < -0.4 is 0 Å². The summed E-state index contributed by atoms with van der Waals surface area (Å²) < 4.78 is 0. The van der Waals surface area contributed by atoms with Crippen molar-refractivity contribution in [3.63, 3.8) is 0 Å². The van der Waals surface area contributed by atoms with Crippen LogP contribution in [0, 0.1) is 11.8 Å². The summed E-state index contributed by atoms with van der Waals surface area (Å²) in [5, 5.41) is 0.357. The first-order chi connectivity index (χ1) is 6.65. The molecule has 0 aliphatic rings. The zero-order valence-corrected chi connectivity index (χ0v) is 8.26. The van der Waals surface area contributed by atoms with Crippen LogP contribution in [-0.2, 0) is 4.79 Å². The Labute approximate surface area is 86.9 Å². The van der Waals surface area contributed by atoms with Gasteiger partial charge >= 0.3 is 0 Å². The van der Waals surface area contributed by atoms with Crippen molar-refractivity contribution >= 4 is 23.7 Å². The third-order valence-corrected chi connectivity index (χ3v) is 1.94. The van der Waals surface area contributed by atoms with Crippen molar-refractivity contribution in [3.05, 3.63) is 34.3 Å². The van der Waals surface area contributed by atoms with E-state index in [1.165, 1.54) is 6.92 Å². The lowest BCUT2D eigenvalue weighted by atomic mass is 10.1. The number of carbonyl (C=O) groups is 2. The van der Waals surface area contributed by atoms with E-state index in [2.05, 4.69) is 11.8 Å². The fourth-order valence-electron chi connectivity index (χ4n) is 0.991. The van der Waals surface area contributed by atoms with Crippen LogP contribution in [0.2, 0.25) is 5.02 Å². The highest BCUT2D eigenvalue weighted by Gasteiger charge is 2.04. The normalized spacial score (nSPS) is 8.71. The molecule has 0 saturated heterocycles. The molecule has 0 heterocycles. The fourth-order valence-corrected chi connectivity index (χ4v) is 1.30. The number of Topliss-reactive ketones (excluding diaryl/α,β-unsaturated/α-hetero) is 1. The number of hydrogen-bond donors (Lipinski definition) is 0. The Morgan fingerprint density at radius 3 is 2.71 bits per heavy atom. The highest BCUT2D eigenvalue weighted by Crippen LogP contribution is 2.17. The second-order valence-corrected chi connectivity index (χ2v) is 3.05. The second-order valence-electron chi connectivity index (χ2n) is 2.64. The average Bonchev–Trinajstić information content (AvgIpc) is 2.14. The number of benzene rings is 1. The van der Waals surface area contributed by atoms with Gasteiger partial charge in [-0.1, -0.05) is 17.5 Å². The minimum Gasteiger partial charge on any atom is -0.294 e. The molecule has 0 aliphatic heterocycles. The van der Waals surface area contributed by atoms with Crippen molar-refractivity contribution in [2.75, 3.05) is 0 Å². The van der Waals surface area contributed by atoms with Gasteiger partial charge in [-0.3, -0.25) is 9.59 Å². The minimum absolute atomic E-state index is 0.0927. The largest absolute Gasteiger partial charge is 0.294 e. The minimum atomic E-state index is -0.0927. The van der Waals surface area contributed by atoms with Crippen LogP contribution in [0.4, 0.5) is 0 Å². The van der Waals surface area contributed by atoms with Crippen molar-refractivity contribution in [2.45, 2.75) is 6.92 Å².